The van der Waals surface area contributed by atoms with Crippen molar-refractivity contribution < 1.29 is 9.90 Å². The second-order valence-electron chi connectivity index (χ2n) is 3.91. The molecular formula is C11H13N3O2. The fourth-order valence-electron chi connectivity index (χ4n) is 1.58. The van der Waals surface area contributed by atoms with Crippen molar-refractivity contribution in [2.24, 2.45) is 0 Å². The number of rotatable bonds is 3. The maximum absolute atomic E-state index is 10.8. The Labute approximate surface area is 92.5 Å². The molecule has 0 aliphatic carbocycles. The standard InChI is InChI=1S/C11H13N3O2/c1-6(2)13-8-3-4-12-10-7(8)5-9(14-10)11(15)16/h3-6H,1-2H3,(H,15,16)(H2,12,13,14). The van der Waals surface area contributed by atoms with E-state index in [2.05, 4.69) is 15.3 Å². The summed E-state index contributed by atoms with van der Waals surface area (Å²) in [6, 6.07) is 3.71. The second kappa shape index (κ2) is 3.84. The van der Waals surface area contributed by atoms with Gasteiger partial charge in [-0.1, -0.05) is 0 Å². The van der Waals surface area contributed by atoms with Crippen molar-refractivity contribution in [3.63, 3.8) is 0 Å². The molecular weight excluding hydrogens is 206 g/mol. The zero-order valence-electron chi connectivity index (χ0n) is 9.11. The van der Waals surface area contributed by atoms with E-state index in [9.17, 15) is 4.79 Å². The van der Waals surface area contributed by atoms with E-state index in [1.165, 1.54) is 0 Å². The summed E-state index contributed by atoms with van der Waals surface area (Å²) in [6.07, 6.45) is 1.65. The van der Waals surface area contributed by atoms with Crippen molar-refractivity contribution in [3.05, 3.63) is 24.0 Å². The number of hydrogen-bond acceptors (Lipinski definition) is 3. The van der Waals surface area contributed by atoms with Crippen molar-refractivity contribution in [3.8, 4) is 0 Å². The Hall–Kier alpha value is -2.04. The molecule has 0 fully saturated rings. The molecule has 2 aromatic heterocycles. The summed E-state index contributed by atoms with van der Waals surface area (Å²) in [5, 5.41) is 12.9. The van der Waals surface area contributed by atoms with Crippen LogP contribution in [0.25, 0.3) is 11.0 Å². The minimum Gasteiger partial charge on any atom is -0.477 e. The van der Waals surface area contributed by atoms with Crippen LogP contribution in [0.4, 0.5) is 5.69 Å². The monoisotopic (exact) mass is 219 g/mol. The van der Waals surface area contributed by atoms with Crippen LogP contribution in [0.5, 0.6) is 0 Å². The molecule has 84 valence electrons. The van der Waals surface area contributed by atoms with Gasteiger partial charge in [0.2, 0.25) is 0 Å². The molecule has 0 unspecified atom stereocenters. The van der Waals surface area contributed by atoms with Crippen molar-refractivity contribution >= 4 is 22.7 Å². The van der Waals surface area contributed by atoms with Crippen molar-refractivity contribution in [1.29, 1.82) is 0 Å². The largest absolute Gasteiger partial charge is 0.477 e. The predicted octanol–water partition coefficient (Wildman–Crippen LogP) is 2.08. The number of anilines is 1. The van der Waals surface area contributed by atoms with Gasteiger partial charge in [-0.05, 0) is 26.0 Å². The van der Waals surface area contributed by atoms with Gasteiger partial charge in [-0.15, -0.1) is 0 Å². The molecule has 5 heteroatoms. The number of carboxylic acids is 1. The Morgan fingerprint density at radius 3 is 2.94 bits per heavy atom. The van der Waals surface area contributed by atoms with Crippen LogP contribution in [0.1, 0.15) is 24.3 Å². The molecule has 2 aromatic rings. The SMILES string of the molecule is CC(C)Nc1ccnc2[nH]c(C(=O)O)cc12. The van der Waals surface area contributed by atoms with E-state index in [1.807, 2.05) is 19.9 Å². The molecule has 2 rings (SSSR count). The van der Waals surface area contributed by atoms with E-state index in [0.717, 1.165) is 11.1 Å². The average Bonchev–Trinajstić information content (AvgIpc) is 2.61. The fourth-order valence-corrected chi connectivity index (χ4v) is 1.58. The highest BCUT2D eigenvalue weighted by molar-refractivity contribution is 5.97. The molecule has 16 heavy (non-hydrogen) atoms. The first-order valence-corrected chi connectivity index (χ1v) is 5.05. The molecule has 0 atom stereocenters. The van der Waals surface area contributed by atoms with E-state index in [-0.39, 0.29) is 11.7 Å². The van der Waals surface area contributed by atoms with Gasteiger partial charge in [-0.25, -0.2) is 9.78 Å². The normalized spacial score (nSPS) is 10.9. The number of pyridine rings is 1. The number of H-pyrrole nitrogens is 1. The first-order chi connectivity index (χ1) is 7.58. The third kappa shape index (κ3) is 1.84. The van der Waals surface area contributed by atoms with Crippen LogP contribution in [-0.4, -0.2) is 27.1 Å². The van der Waals surface area contributed by atoms with Gasteiger partial charge in [0.05, 0.1) is 0 Å². The molecule has 0 aliphatic heterocycles. The van der Waals surface area contributed by atoms with Gasteiger partial charge in [-0.2, -0.15) is 0 Å². The van der Waals surface area contributed by atoms with Crippen molar-refractivity contribution in [2.45, 2.75) is 19.9 Å². The minimum atomic E-state index is -0.978. The average molecular weight is 219 g/mol. The lowest BCUT2D eigenvalue weighted by Gasteiger charge is -2.10. The first kappa shape index (κ1) is 10.5. The highest BCUT2D eigenvalue weighted by atomic mass is 16.4. The zero-order chi connectivity index (χ0) is 11.7. The highest BCUT2D eigenvalue weighted by Gasteiger charge is 2.11. The van der Waals surface area contributed by atoms with Crippen LogP contribution in [-0.2, 0) is 0 Å². The number of aromatic nitrogens is 2. The third-order valence-electron chi connectivity index (χ3n) is 2.21. The van der Waals surface area contributed by atoms with Gasteiger partial charge in [0.1, 0.15) is 11.3 Å². The topological polar surface area (TPSA) is 78.0 Å². The van der Waals surface area contributed by atoms with Crippen molar-refractivity contribution in [2.75, 3.05) is 5.32 Å². The van der Waals surface area contributed by atoms with Crippen LogP contribution in [0.15, 0.2) is 18.3 Å². The van der Waals surface area contributed by atoms with Crippen LogP contribution < -0.4 is 5.32 Å². The van der Waals surface area contributed by atoms with E-state index in [4.69, 9.17) is 5.11 Å². The smallest absolute Gasteiger partial charge is 0.352 e. The Morgan fingerprint density at radius 2 is 2.31 bits per heavy atom. The number of fused-ring (bicyclic) bond motifs is 1. The molecule has 0 bridgehead atoms. The van der Waals surface area contributed by atoms with E-state index in [1.54, 1.807) is 12.3 Å². The molecule has 2 heterocycles. The molecule has 3 N–H and O–H groups in total. The lowest BCUT2D eigenvalue weighted by molar-refractivity contribution is 0.0691. The van der Waals surface area contributed by atoms with Gasteiger partial charge in [0, 0.05) is 23.3 Å². The number of aromatic carboxylic acids is 1. The quantitative estimate of drug-likeness (QED) is 0.738. The summed E-state index contributed by atoms with van der Waals surface area (Å²) in [5.74, 6) is -0.978. The Balaban J connectivity index is 2.54. The summed E-state index contributed by atoms with van der Waals surface area (Å²) in [5.41, 5.74) is 1.63. The second-order valence-corrected chi connectivity index (χ2v) is 3.91. The first-order valence-electron chi connectivity index (χ1n) is 5.05. The molecule has 5 nitrogen and oxygen atoms in total. The molecule has 0 radical (unpaired) electrons. The Bertz CT molecular complexity index is 531. The number of aromatic amines is 1. The van der Waals surface area contributed by atoms with E-state index < -0.39 is 5.97 Å². The van der Waals surface area contributed by atoms with E-state index in [0.29, 0.717) is 5.65 Å². The Kier molecular flexibility index (Phi) is 2.52. The summed E-state index contributed by atoms with van der Waals surface area (Å²) in [7, 11) is 0. The number of nitrogens with one attached hydrogen (secondary N) is 2. The number of nitrogens with zero attached hydrogens (tertiary/aromatic N) is 1. The summed E-state index contributed by atoms with van der Waals surface area (Å²) >= 11 is 0. The van der Waals surface area contributed by atoms with Gasteiger partial charge >= 0.3 is 5.97 Å². The molecule has 0 spiro atoms. The molecule has 0 amide bonds. The lowest BCUT2D eigenvalue weighted by Crippen LogP contribution is -2.09. The number of hydrogen-bond donors (Lipinski definition) is 3. The predicted molar refractivity (Wildman–Crippen MR) is 61.8 cm³/mol. The maximum atomic E-state index is 10.8. The number of carboxylic acid groups (broad SMARTS) is 1. The van der Waals surface area contributed by atoms with Crippen LogP contribution in [0.2, 0.25) is 0 Å². The van der Waals surface area contributed by atoms with Gasteiger partial charge in [0.15, 0.2) is 0 Å². The Morgan fingerprint density at radius 1 is 1.56 bits per heavy atom. The molecule has 0 saturated carbocycles. The summed E-state index contributed by atoms with van der Waals surface area (Å²) in [4.78, 5) is 17.7. The van der Waals surface area contributed by atoms with Gasteiger partial charge < -0.3 is 15.4 Å². The molecule has 0 aromatic carbocycles. The van der Waals surface area contributed by atoms with Crippen LogP contribution in [0.3, 0.4) is 0 Å². The summed E-state index contributed by atoms with van der Waals surface area (Å²) < 4.78 is 0. The maximum Gasteiger partial charge on any atom is 0.352 e. The lowest BCUT2D eigenvalue weighted by atomic mass is 10.2. The molecule has 0 aliphatic rings. The van der Waals surface area contributed by atoms with Gasteiger partial charge in [-0.3, -0.25) is 0 Å². The minimum absolute atomic E-state index is 0.153. The highest BCUT2D eigenvalue weighted by Crippen LogP contribution is 2.22. The summed E-state index contributed by atoms with van der Waals surface area (Å²) in [6.45, 7) is 4.05. The van der Waals surface area contributed by atoms with Gasteiger partial charge in [0.25, 0.3) is 0 Å². The van der Waals surface area contributed by atoms with Crippen LogP contribution >= 0.6 is 0 Å². The van der Waals surface area contributed by atoms with E-state index >= 15 is 0 Å². The number of carbonyl (C=O) groups is 1. The van der Waals surface area contributed by atoms with Crippen LogP contribution in [0, 0.1) is 0 Å². The fraction of sp³-hybridized carbons (Fsp3) is 0.273. The molecule has 0 saturated heterocycles. The zero-order valence-corrected chi connectivity index (χ0v) is 9.11. The van der Waals surface area contributed by atoms with Crippen molar-refractivity contribution in [1.82, 2.24) is 9.97 Å². The third-order valence-corrected chi connectivity index (χ3v) is 2.21.